The van der Waals surface area contributed by atoms with E-state index in [2.05, 4.69) is 5.32 Å². The van der Waals surface area contributed by atoms with Gasteiger partial charge in [0.2, 0.25) is 5.91 Å². The minimum Gasteiger partial charge on any atom is -0.504 e. The largest absolute Gasteiger partial charge is 0.504 e. The molecule has 0 radical (unpaired) electrons. The summed E-state index contributed by atoms with van der Waals surface area (Å²) < 4.78 is 15.9. The van der Waals surface area contributed by atoms with Crippen LogP contribution in [0.5, 0.6) is 23.0 Å². The summed E-state index contributed by atoms with van der Waals surface area (Å²) >= 11 is 0. The zero-order chi connectivity index (χ0) is 17.3. The van der Waals surface area contributed by atoms with Gasteiger partial charge >= 0.3 is 0 Å². The van der Waals surface area contributed by atoms with Gasteiger partial charge in [-0.3, -0.25) is 4.79 Å². The van der Waals surface area contributed by atoms with Gasteiger partial charge in [-0.2, -0.15) is 0 Å². The number of aromatic hydroxyl groups is 1. The number of phenolic OH excluding ortho intramolecular Hbond substituents is 1. The van der Waals surface area contributed by atoms with Gasteiger partial charge in [0, 0.05) is 24.1 Å². The Morgan fingerprint density at radius 1 is 1.00 bits per heavy atom. The van der Waals surface area contributed by atoms with E-state index in [0.717, 1.165) is 11.1 Å². The lowest BCUT2D eigenvalue weighted by Gasteiger charge is -2.27. The summed E-state index contributed by atoms with van der Waals surface area (Å²) in [6.45, 7) is 0. The molecule has 1 aliphatic rings. The van der Waals surface area contributed by atoms with Crippen LogP contribution in [0.15, 0.2) is 30.3 Å². The van der Waals surface area contributed by atoms with Gasteiger partial charge in [-0.15, -0.1) is 0 Å². The summed E-state index contributed by atoms with van der Waals surface area (Å²) in [7, 11) is 4.62. The topological polar surface area (TPSA) is 77.0 Å². The Balaban J connectivity index is 2.13. The van der Waals surface area contributed by atoms with E-state index in [9.17, 15) is 9.90 Å². The summed E-state index contributed by atoms with van der Waals surface area (Å²) in [5.74, 6) is 1.35. The molecule has 2 aromatic rings. The molecule has 0 saturated carbocycles. The van der Waals surface area contributed by atoms with Gasteiger partial charge in [-0.25, -0.2) is 0 Å². The molecule has 0 bridgehead atoms. The van der Waals surface area contributed by atoms with E-state index in [4.69, 9.17) is 14.2 Å². The van der Waals surface area contributed by atoms with E-state index in [0.29, 0.717) is 29.4 Å². The van der Waals surface area contributed by atoms with Crippen molar-refractivity contribution >= 4 is 11.6 Å². The SMILES string of the molecule is COc1cc([C@H]2CC(=O)Nc3cc(OC)c(OC)cc32)ccc1O. The third-order valence-corrected chi connectivity index (χ3v) is 4.20. The number of amides is 1. The number of nitrogens with one attached hydrogen (secondary N) is 1. The molecular formula is C18H19NO5. The van der Waals surface area contributed by atoms with Crippen LogP contribution in [0.3, 0.4) is 0 Å². The standard InChI is InChI=1S/C18H19NO5/c1-22-15-6-10(4-5-14(15)20)11-8-18(21)19-13-9-17(24-3)16(23-2)7-12(11)13/h4-7,9,11,20H,8H2,1-3H3,(H,19,21)/t11-/m1/s1. The monoisotopic (exact) mass is 329 g/mol. The molecule has 1 amide bonds. The Labute approximate surface area is 140 Å². The van der Waals surface area contributed by atoms with Crippen LogP contribution in [0.1, 0.15) is 23.5 Å². The van der Waals surface area contributed by atoms with Gasteiger partial charge < -0.3 is 24.6 Å². The molecule has 1 aliphatic heterocycles. The number of anilines is 1. The molecule has 0 unspecified atom stereocenters. The van der Waals surface area contributed by atoms with Crippen LogP contribution in [0, 0.1) is 0 Å². The van der Waals surface area contributed by atoms with E-state index >= 15 is 0 Å². The molecule has 1 atom stereocenters. The average Bonchev–Trinajstić information content (AvgIpc) is 2.60. The van der Waals surface area contributed by atoms with Crippen molar-refractivity contribution in [2.45, 2.75) is 12.3 Å². The average molecular weight is 329 g/mol. The minimum atomic E-state index is -0.164. The smallest absolute Gasteiger partial charge is 0.225 e. The quantitative estimate of drug-likeness (QED) is 0.902. The first-order valence-corrected chi connectivity index (χ1v) is 7.50. The number of carbonyl (C=O) groups is 1. The zero-order valence-electron chi connectivity index (χ0n) is 13.8. The number of ether oxygens (including phenoxy) is 3. The highest BCUT2D eigenvalue weighted by Crippen LogP contribution is 2.44. The first kappa shape index (κ1) is 16.0. The molecule has 2 N–H and O–H groups in total. The molecular weight excluding hydrogens is 310 g/mol. The van der Waals surface area contributed by atoms with Gasteiger partial charge in [0.05, 0.1) is 21.3 Å². The molecule has 126 valence electrons. The molecule has 6 nitrogen and oxygen atoms in total. The van der Waals surface area contributed by atoms with E-state index in [1.807, 2.05) is 6.07 Å². The van der Waals surface area contributed by atoms with Crippen LogP contribution in [0.4, 0.5) is 5.69 Å². The Morgan fingerprint density at radius 3 is 2.33 bits per heavy atom. The molecule has 2 aromatic carbocycles. The lowest BCUT2D eigenvalue weighted by Crippen LogP contribution is -2.23. The van der Waals surface area contributed by atoms with Crippen LogP contribution in [-0.4, -0.2) is 32.3 Å². The van der Waals surface area contributed by atoms with Crippen LogP contribution < -0.4 is 19.5 Å². The molecule has 0 saturated heterocycles. The van der Waals surface area contributed by atoms with E-state index in [1.54, 1.807) is 38.5 Å². The predicted octanol–water partition coefficient (Wildman–Crippen LogP) is 2.89. The maximum atomic E-state index is 12.1. The van der Waals surface area contributed by atoms with Gasteiger partial charge in [0.1, 0.15) is 0 Å². The van der Waals surface area contributed by atoms with Gasteiger partial charge in [0.15, 0.2) is 23.0 Å². The predicted molar refractivity (Wildman–Crippen MR) is 89.3 cm³/mol. The van der Waals surface area contributed by atoms with Crippen molar-refractivity contribution in [2.24, 2.45) is 0 Å². The summed E-state index contributed by atoms with van der Waals surface area (Å²) in [6.07, 6.45) is 0.302. The van der Waals surface area contributed by atoms with Crippen LogP contribution in [-0.2, 0) is 4.79 Å². The van der Waals surface area contributed by atoms with Crippen LogP contribution in [0.2, 0.25) is 0 Å². The maximum absolute atomic E-state index is 12.1. The van der Waals surface area contributed by atoms with Gasteiger partial charge in [-0.1, -0.05) is 6.07 Å². The number of hydrogen-bond donors (Lipinski definition) is 2. The zero-order valence-corrected chi connectivity index (χ0v) is 13.8. The highest BCUT2D eigenvalue weighted by molar-refractivity contribution is 5.96. The highest BCUT2D eigenvalue weighted by atomic mass is 16.5. The second kappa shape index (κ2) is 6.31. The van der Waals surface area contributed by atoms with E-state index in [-0.39, 0.29) is 17.6 Å². The highest BCUT2D eigenvalue weighted by Gasteiger charge is 2.29. The fourth-order valence-corrected chi connectivity index (χ4v) is 3.00. The third-order valence-electron chi connectivity index (χ3n) is 4.20. The van der Waals surface area contributed by atoms with Crippen LogP contribution in [0.25, 0.3) is 0 Å². The number of benzene rings is 2. The fraction of sp³-hybridized carbons (Fsp3) is 0.278. The van der Waals surface area contributed by atoms with Gasteiger partial charge in [-0.05, 0) is 29.3 Å². The summed E-state index contributed by atoms with van der Waals surface area (Å²) in [5.41, 5.74) is 2.51. The molecule has 6 heteroatoms. The number of hydrogen-bond acceptors (Lipinski definition) is 5. The lowest BCUT2D eigenvalue weighted by molar-refractivity contribution is -0.116. The number of carbonyl (C=O) groups excluding carboxylic acids is 1. The number of methoxy groups -OCH3 is 3. The van der Waals surface area contributed by atoms with E-state index < -0.39 is 0 Å². The first-order chi connectivity index (χ1) is 11.6. The minimum absolute atomic E-state index is 0.0639. The maximum Gasteiger partial charge on any atom is 0.225 e. The van der Waals surface area contributed by atoms with Crippen molar-refractivity contribution < 1.29 is 24.1 Å². The molecule has 0 spiro atoms. The Hall–Kier alpha value is -2.89. The molecule has 1 heterocycles. The summed E-state index contributed by atoms with van der Waals surface area (Å²) in [4.78, 5) is 12.1. The Kier molecular flexibility index (Phi) is 4.20. The third kappa shape index (κ3) is 2.71. The Bertz CT molecular complexity index is 787. The normalized spacial score (nSPS) is 16.1. The lowest BCUT2D eigenvalue weighted by atomic mass is 9.84. The second-order valence-corrected chi connectivity index (χ2v) is 5.53. The molecule has 0 aliphatic carbocycles. The Morgan fingerprint density at radius 2 is 1.67 bits per heavy atom. The van der Waals surface area contributed by atoms with Gasteiger partial charge in [0.25, 0.3) is 0 Å². The number of rotatable bonds is 4. The molecule has 24 heavy (non-hydrogen) atoms. The van der Waals surface area contributed by atoms with Crippen molar-refractivity contribution in [1.29, 1.82) is 0 Å². The molecule has 3 rings (SSSR count). The summed E-state index contributed by atoms with van der Waals surface area (Å²) in [5, 5.41) is 12.7. The first-order valence-electron chi connectivity index (χ1n) is 7.50. The van der Waals surface area contributed by atoms with Crippen molar-refractivity contribution in [3.8, 4) is 23.0 Å². The van der Waals surface area contributed by atoms with Crippen molar-refractivity contribution in [1.82, 2.24) is 0 Å². The molecule has 0 fully saturated rings. The summed E-state index contributed by atoms with van der Waals surface area (Å²) in [6, 6.07) is 8.75. The fourth-order valence-electron chi connectivity index (χ4n) is 3.00. The van der Waals surface area contributed by atoms with Crippen molar-refractivity contribution in [3.63, 3.8) is 0 Å². The molecule has 0 aromatic heterocycles. The van der Waals surface area contributed by atoms with E-state index in [1.165, 1.54) is 7.11 Å². The van der Waals surface area contributed by atoms with Crippen LogP contribution >= 0.6 is 0 Å². The second-order valence-electron chi connectivity index (χ2n) is 5.53. The van der Waals surface area contributed by atoms with Crippen molar-refractivity contribution in [2.75, 3.05) is 26.6 Å². The number of phenols is 1. The van der Waals surface area contributed by atoms with Crippen molar-refractivity contribution in [3.05, 3.63) is 41.5 Å². The number of fused-ring (bicyclic) bond motifs is 1.